The Morgan fingerprint density at radius 2 is 2.06 bits per heavy atom. The van der Waals surface area contributed by atoms with Crippen LogP contribution in [0.15, 0.2) is 18.2 Å². The van der Waals surface area contributed by atoms with Crippen molar-refractivity contribution in [3.63, 3.8) is 0 Å². The first-order valence-electron chi connectivity index (χ1n) is 5.56. The molecule has 94 valence electrons. The summed E-state index contributed by atoms with van der Waals surface area (Å²) in [5, 5.41) is 12.9. The van der Waals surface area contributed by atoms with E-state index >= 15 is 0 Å². The minimum atomic E-state index is -1.62. The summed E-state index contributed by atoms with van der Waals surface area (Å²) in [5.74, 6) is -0.206. The van der Waals surface area contributed by atoms with Crippen LogP contribution in [0.25, 0.3) is 0 Å². The van der Waals surface area contributed by atoms with Crippen LogP contribution >= 0.6 is 11.6 Å². The number of benzene rings is 1. The molecule has 0 radical (unpaired) electrons. The molecule has 0 saturated heterocycles. The number of aliphatic hydroxyl groups excluding tert-OH is 1. The number of rotatable bonds is 4. The van der Waals surface area contributed by atoms with E-state index in [1.165, 1.54) is 0 Å². The summed E-state index contributed by atoms with van der Waals surface area (Å²) in [7, 11) is -1.62. The molecular weight excluding hydrogens is 254 g/mol. The quantitative estimate of drug-likeness (QED) is 0.818. The van der Waals surface area contributed by atoms with E-state index in [0.717, 1.165) is 5.19 Å². The molecule has 0 heterocycles. The van der Waals surface area contributed by atoms with E-state index in [1.54, 1.807) is 6.07 Å². The van der Waals surface area contributed by atoms with Gasteiger partial charge in [0, 0.05) is 6.54 Å². The zero-order chi connectivity index (χ0) is 13.1. The molecule has 5 heteroatoms. The Hall–Kier alpha value is -0.843. The van der Waals surface area contributed by atoms with Gasteiger partial charge < -0.3 is 10.4 Å². The number of hydrogen-bond donors (Lipinski definition) is 2. The first-order valence-corrected chi connectivity index (χ1v) is 9.43. The van der Waals surface area contributed by atoms with Gasteiger partial charge in [-0.1, -0.05) is 43.4 Å². The van der Waals surface area contributed by atoms with Gasteiger partial charge in [-0.05, 0) is 11.3 Å². The zero-order valence-electron chi connectivity index (χ0n) is 10.4. The molecule has 3 nitrogen and oxygen atoms in total. The number of aliphatic hydroxyl groups is 1. The minimum Gasteiger partial charge on any atom is -0.395 e. The fraction of sp³-hybridized carbons (Fsp3) is 0.417. The van der Waals surface area contributed by atoms with Gasteiger partial charge in [-0.25, -0.2) is 0 Å². The second-order valence-electron chi connectivity index (χ2n) is 4.89. The van der Waals surface area contributed by atoms with Crippen molar-refractivity contribution in [1.82, 2.24) is 5.32 Å². The lowest BCUT2D eigenvalue weighted by molar-refractivity contribution is 0.0946. The van der Waals surface area contributed by atoms with Gasteiger partial charge in [0.25, 0.3) is 5.91 Å². The SMILES string of the molecule is C[Si](C)(C)c1cccc(Cl)c1C(=O)NCCO. The molecule has 1 aromatic carbocycles. The lowest BCUT2D eigenvalue weighted by Gasteiger charge is -2.21. The number of carbonyl (C=O) groups is 1. The predicted molar refractivity (Wildman–Crippen MR) is 73.9 cm³/mol. The van der Waals surface area contributed by atoms with E-state index in [4.69, 9.17) is 16.7 Å². The summed E-state index contributed by atoms with van der Waals surface area (Å²) in [4.78, 5) is 12.0. The zero-order valence-corrected chi connectivity index (χ0v) is 12.1. The topological polar surface area (TPSA) is 49.3 Å². The van der Waals surface area contributed by atoms with Crippen molar-refractivity contribution in [1.29, 1.82) is 0 Å². The third kappa shape index (κ3) is 3.56. The van der Waals surface area contributed by atoms with Gasteiger partial charge >= 0.3 is 0 Å². The fourth-order valence-corrected chi connectivity index (χ4v) is 3.57. The Labute approximate surface area is 108 Å². The Morgan fingerprint density at radius 1 is 1.41 bits per heavy atom. The average Bonchev–Trinajstić information content (AvgIpc) is 2.24. The normalized spacial score (nSPS) is 11.4. The van der Waals surface area contributed by atoms with Crippen molar-refractivity contribution in [2.45, 2.75) is 19.6 Å². The Balaban J connectivity index is 3.17. The molecule has 0 spiro atoms. The van der Waals surface area contributed by atoms with Gasteiger partial charge in [-0.2, -0.15) is 0 Å². The molecule has 0 unspecified atom stereocenters. The van der Waals surface area contributed by atoms with Crippen molar-refractivity contribution in [2.24, 2.45) is 0 Å². The summed E-state index contributed by atoms with van der Waals surface area (Å²) in [6.45, 7) is 6.68. The van der Waals surface area contributed by atoms with Gasteiger partial charge in [0.1, 0.15) is 0 Å². The van der Waals surface area contributed by atoms with Crippen molar-refractivity contribution in [3.8, 4) is 0 Å². The molecule has 0 aliphatic rings. The second-order valence-corrected chi connectivity index (χ2v) is 10.3. The number of amides is 1. The van der Waals surface area contributed by atoms with Crippen molar-refractivity contribution in [3.05, 3.63) is 28.8 Å². The summed E-state index contributed by atoms with van der Waals surface area (Å²) in [5.41, 5.74) is 0.557. The van der Waals surface area contributed by atoms with Crippen LogP contribution in [0.3, 0.4) is 0 Å². The molecule has 0 aromatic heterocycles. The maximum atomic E-state index is 12.0. The molecule has 1 amide bonds. The van der Waals surface area contributed by atoms with Crippen LogP contribution < -0.4 is 10.5 Å². The van der Waals surface area contributed by atoms with E-state index < -0.39 is 8.07 Å². The number of carbonyl (C=O) groups excluding carboxylic acids is 1. The van der Waals surface area contributed by atoms with Gasteiger partial charge in [-0.15, -0.1) is 0 Å². The van der Waals surface area contributed by atoms with Crippen LogP contribution in [0.2, 0.25) is 24.7 Å². The first-order chi connectivity index (χ1) is 7.88. The Kier molecular flexibility index (Phi) is 4.74. The van der Waals surface area contributed by atoms with Gasteiger partial charge in [-0.3, -0.25) is 4.79 Å². The van der Waals surface area contributed by atoms with Crippen LogP contribution in [-0.4, -0.2) is 32.2 Å². The molecule has 17 heavy (non-hydrogen) atoms. The van der Waals surface area contributed by atoms with Gasteiger partial charge in [0.15, 0.2) is 0 Å². The molecule has 0 saturated carbocycles. The van der Waals surface area contributed by atoms with Crippen LogP contribution in [0.5, 0.6) is 0 Å². The summed E-state index contributed by atoms with van der Waals surface area (Å²) >= 11 is 6.11. The summed E-state index contributed by atoms with van der Waals surface area (Å²) in [6.07, 6.45) is 0. The highest BCUT2D eigenvalue weighted by atomic mass is 35.5. The highest BCUT2D eigenvalue weighted by Crippen LogP contribution is 2.17. The third-order valence-corrected chi connectivity index (χ3v) is 4.79. The molecule has 0 atom stereocenters. The van der Waals surface area contributed by atoms with Crippen LogP contribution in [0.1, 0.15) is 10.4 Å². The third-order valence-electron chi connectivity index (χ3n) is 2.45. The molecule has 0 aliphatic carbocycles. The molecular formula is C12H18ClNO2Si. The maximum Gasteiger partial charge on any atom is 0.252 e. The van der Waals surface area contributed by atoms with Crippen molar-refractivity contribution >= 4 is 30.8 Å². The Morgan fingerprint density at radius 3 is 2.59 bits per heavy atom. The van der Waals surface area contributed by atoms with E-state index in [1.807, 2.05) is 12.1 Å². The molecule has 0 fully saturated rings. The monoisotopic (exact) mass is 271 g/mol. The minimum absolute atomic E-state index is 0.0710. The van der Waals surface area contributed by atoms with E-state index in [-0.39, 0.29) is 19.1 Å². The molecule has 2 N–H and O–H groups in total. The number of nitrogens with one attached hydrogen (secondary N) is 1. The van der Waals surface area contributed by atoms with Crippen molar-refractivity contribution in [2.75, 3.05) is 13.2 Å². The van der Waals surface area contributed by atoms with E-state index in [0.29, 0.717) is 10.6 Å². The van der Waals surface area contributed by atoms with Crippen LogP contribution in [0, 0.1) is 0 Å². The molecule has 1 rings (SSSR count). The molecule has 1 aromatic rings. The summed E-state index contributed by atoms with van der Waals surface area (Å²) in [6, 6.07) is 5.56. The standard InChI is InChI=1S/C12H18ClNO2Si/c1-17(2,3)10-6-4-5-9(13)11(10)12(16)14-7-8-15/h4-6,15H,7-8H2,1-3H3,(H,14,16). The highest BCUT2D eigenvalue weighted by molar-refractivity contribution is 6.89. The van der Waals surface area contributed by atoms with E-state index in [2.05, 4.69) is 25.0 Å². The Bertz CT molecular complexity index is 415. The predicted octanol–water partition coefficient (Wildman–Crippen LogP) is 1.61. The number of hydrogen-bond acceptors (Lipinski definition) is 2. The summed E-state index contributed by atoms with van der Waals surface area (Å²) < 4.78 is 0. The van der Waals surface area contributed by atoms with Gasteiger partial charge in [0.2, 0.25) is 0 Å². The highest BCUT2D eigenvalue weighted by Gasteiger charge is 2.25. The lowest BCUT2D eigenvalue weighted by atomic mass is 10.2. The average molecular weight is 272 g/mol. The second kappa shape index (κ2) is 5.66. The maximum absolute atomic E-state index is 12.0. The molecule has 0 bridgehead atoms. The van der Waals surface area contributed by atoms with Crippen LogP contribution in [0.4, 0.5) is 0 Å². The lowest BCUT2D eigenvalue weighted by Crippen LogP contribution is -2.44. The molecule has 0 aliphatic heterocycles. The smallest absolute Gasteiger partial charge is 0.252 e. The van der Waals surface area contributed by atoms with Gasteiger partial charge in [0.05, 0.1) is 25.3 Å². The van der Waals surface area contributed by atoms with Crippen LogP contribution in [-0.2, 0) is 0 Å². The largest absolute Gasteiger partial charge is 0.395 e. The number of halogens is 1. The first kappa shape index (κ1) is 14.2. The fourth-order valence-electron chi connectivity index (χ4n) is 1.64. The van der Waals surface area contributed by atoms with Crippen molar-refractivity contribution < 1.29 is 9.90 Å². The van der Waals surface area contributed by atoms with E-state index in [9.17, 15) is 4.79 Å².